The van der Waals surface area contributed by atoms with Gasteiger partial charge in [-0.15, -0.1) is 0 Å². The van der Waals surface area contributed by atoms with Gasteiger partial charge in [0.25, 0.3) is 0 Å². The molecular weight excluding hydrogens is 244 g/mol. The molecule has 0 aliphatic heterocycles. The van der Waals surface area contributed by atoms with Gasteiger partial charge in [-0.3, -0.25) is 0 Å². The number of benzene rings is 1. The zero-order valence-electron chi connectivity index (χ0n) is 11.1. The first kappa shape index (κ1) is 13.9. The quantitative estimate of drug-likeness (QED) is 0.815. The molecule has 1 N–H and O–H groups in total. The highest BCUT2D eigenvalue weighted by Gasteiger charge is 2.27. The Kier molecular flexibility index (Phi) is 5.08. The van der Waals surface area contributed by atoms with Gasteiger partial charge in [-0.05, 0) is 42.4 Å². The van der Waals surface area contributed by atoms with Crippen molar-refractivity contribution in [1.29, 1.82) is 0 Å². The molecule has 3 atom stereocenters. The van der Waals surface area contributed by atoms with Crippen molar-refractivity contribution >= 4 is 11.6 Å². The molecule has 0 unspecified atom stereocenters. The summed E-state index contributed by atoms with van der Waals surface area (Å²) in [6, 6.07) is 7.67. The van der Waals surface area contributed by atoms with Crippen molar-refractivity contribution < 1.29 is 5.11 Å². The van der Waals surface area contributed by atoms with E-state index in [9.17, 15) is 5.11 Å². The van der Waals surface area contributed by atoms with Crippen LogP contribution in [0.4, 0.5) is 0 Å². The first-order valence-electron chi connectivity index (χ1n) is 7.14. The van der Waals surface area contributed by atoms with Gasteiger partial charge in [-0.25, -0.2) is 0 Å². The zero-order chi connectivity index (χ0) is 13.0. The Morgan fingerprint density at radius 3 is 2.94 bits per heavy atom. The molecule has 1 fully saturated rings. The van der Waals surface area contributed by atoms with Crippen LogP contribution in [-0.4, -0.2) is 5.11 Å². The maximum atomic E-state index is 10.5. The molecular formula is C16H23ClO. The second kappa shape index (κ2) is 6.58. The van der Waals surface area contributed by atoms with E-state index in [4.69, 9.17) is 11.6 Å². The summed E-state index contributed by atoms with van der Waals surface area (Å²) in [6.45, 7) is 2.25. The minimum Gasteiger partial charge on any atom is -0.388 e. The van der Waals surface area contributed by atoms with Crippen molar-refractivity contribution in [3.63, 3.8) is 0 Å². The molecule has 0 aromatic heterocycles. The second-order valence-corrected chi connectivity index (χ2v) is 6.02. The van der Waals surface area contributed by atoms with Gasteiger partial charge in [0, 0.05) is 5.02 Å². The number of aliphatic hydroxyl groups is 1. The summed E-state index contributed by atoms with van der Waals surface area (Å²) < 4.78 is 0. The third-order valence-corrected chi connectivity index (χ3v) is 4.39. The van der Waals surface area contributed by atoms with Gasteiger partial charge in [0.1, 0.15) is 0 Å². The van der Waals surface area contributed by atoms with Gasteiger partial charge in [-0.2, -0.15) is 0 Å². The van der Waals surface area contributed by atoms with Crippen LogP contribution in [0.15, 0.2) is 24.3 Å². The van der Waals surface area contributed by atoms with Gasteiger partial charge >= 0.3 is 0 Å². The largest absolute Gasteiger partial charge is 0.388 e. The number of hydrogen-bond acceptors (Lipinski definition) is 1. The number of rotatable bonds is 4. The molecule has 0 bridgehead atoms. The average Bonchev–Trinajstić information content (AvgIpc) is 2.39. The van der Waals surface area contributed by atoms with Crippen LogP contribution < -0.4 is 0 Å². The van der Waals surface area contributed by atoms with Crippen molar-refractivity contribution in [1.82, 2.24) is 0 Å². The predicted octanol–water partition coefficient (Wildman–Crippen LogP) is 4.98. The fraction of sp³-hybridized carbons (Fsp3) is 0.625. The predicted molar refractivity (Wildman–Crippen MR) is 76.8 cm³/mol. The van der Waals surface area contributed by atoms with E-state index in [1.807, 2.05) is 24.3 Å². The van der Waals surface area contributed by atoms with E-state index in [2.05, 4.69) is 6.92 Å². The molecule has 1 aliphatic carbocycles. The topological polar surface area (TPSA) is 20.2 Å². The maximum absolute atomic E-state index is 10.5. The van der Waals surface area contributed by atoms with E-state index in [1.54, 1.807) is 0 Å². The Morgan fingerprint density at radius 1 is 1.39 bits per heavy atom. The Hall–Kier alpha value is -0.530. The van der Waals surface area contributed by atoms with Crippen LogP contribution >= 0.6 is 11.6 Å². The average molecular weight is 267 g/mol. The van der Waals surface area contributed by atoms with E-state index >= 15 is 0 Å². The lowest BCUT2D eigenvalue weighted by Crippen LogP contribution is -2.21. The molecule has 1 aliphatic rings. The van der Waals surface area contributed by atoms with Gasteiger partial charge in [0.2, 0.25) is 0 Å². The molecule has 0 radical (unpaired) electrons. The number of halogens is 1. The van der Waals surface area contributed by atoms with Crippen LogP contribution in [0, 0.1) is 11.8 Å². The molecule has 1 aromatic carbocycles. The highest BCUT2D eigenvalue weighted by Crippen LogP contribution is 2.39. The highest BCUT2D eigenvalue weighted by molar-refractivity contribution is 6.30. The summed E-state index contributed by atoms with van der Waals surface area (Å²) in [5, 5.41) is 11.2. The first-order chi connectivity index (χ1) is 8.70. The molecule has 0 spiro atoms. The molecule has 2 heteroatoms. The zero-order valence-corrected chi connectivity index (χ0v) is 11.9. The lowest BCUT2D eigenvalue weighted by molar-refractivity contribution is 0.0668. The van der Waals surface area contributed by atoms with Crippen LogP contribution in [0.2, 0.25) is 5.02 Å². The van der Waals surface area contributed by atoms with Gasteiger partial charge in [0.05, 0.1) is 6.10 Å². The molecule has 1 saturated carbocycles. The monoisotopic (exact) mass is 266 g/mol. The lowest BCUT2D eigenvalue weighted by atomic mass is 9.76. The van der Waals surface area contributed by atoms with E-state index in [1.165, 1.54) is 32.1 Å². The molecule has 0 saturated heterocycles. The van der Waals surface area contributed by atoms with E-state index < -0.39 is 0 Å². The van der Waals surface area contributed by atoms with E-state index in [0.717, 1.165) is 17.9 Å². The molecule has 1 nitrogen and oxygen atoms in total. The Bertz CT molecular complexity index is 375. The van der Waals surface area contributed by atoms with Crippen molar-refractivity contribution in [3.05, 3.63) is 34.9 Å². The van der Waals surface area contributed by atoms with Gasteiger partial charge in [0.15, 0.2) is 0 Å². The SMILES string of the molecule is CCC[C@H]1CCC[C@H]([C@H](O)c2cccc(Cl)c2)C1. The van der Waals surface area contributed by atoms with Crippen molar-refractivity contribution in [3.8, 4) is 0 Å². The van der Waals surface area contributed by atoms with Gasteiger partial charge < -0.3 is 5.11 Å². The van der Waals surface area contributed by atoms with Crippen LogP contribution in [0.1, 0.15) is 57.1 Å². The summed E-state index contributed by atoms with van der Waals surface area (Å²) in [7, 11) is 0. The standard InChI is InChI=1S/C16H23ClO/c1-2-5-12-6-3-7-13(10-12)16(18)14-8-4-9-15(17)11-14/h4,8-9,11-13,16,18H,2-3,5-7,10H2,1H3/t12-,13-,16-/m0/s1. The van der Waals surface area contributed by atoms with Crippen LogP contribution in [0.5, 0.6) is 0 Å². The van der Waals surface area contributed by atoms with E-state index in [-0.39, 0.29) is 6.10 Å². The Morgan fingerprint density at radius 2 is 2.22 bits per heavy atom. The second-order valence-electron chi connectivity index (χ2n) is 5.58. The molecule has 0 amide bonds. The fourth-order valence-corrected chi connectivity index (χ4v) is 3.45. The van der Waals surface area contributed by atoms with Crippen molar-refractivity contribution in [2.75, 3.05) is 0 Å². The fourth-order valence-electron chi connectivity index (χ4n) is 3.25. The van der Waals surface area contributed by atoms with E-state index in [0.29, 0.717) is 10.9 Å². The minimum absolute atomic E-state index is 0.344. The van der Waals surface area contributed by atoms with Crippen molar-refractivity contribution in [2.24, 2.45) is 11.8 Å². The van der Waals surface area contributed by atoms with Crippen LogP contribution in [0.25, 0.3) is 0 Å². The summed E-state index contributed by atoms with van der Waals surface area (Å²) in [5.41, 5.74) is 0.977. The molecule has 0 heterocycles. The van der Waals surface area contributed by atoms with Crippen LogP contribution in [0.3, 0.4) is 0 Å². The molecule has 1 aromatic rings. The number of hydrogen-bond donors (Lipinski definition) is 1. The lowest BCUT2D eigenvalue weighted by Gasteiger charge is -2.32. The summed E-state index contributed by atoms with van der Waals surface area (Å²) >= 11 is 6.00. The third kappa shape index (κ3) is 3.49. The Labute approximate surface area is 115 Å². The Balaban J connectivity index is 2.02. The number of aliphatic hydroxyl groups excluding tert-OH is 1. The van der Waals surface area contributed by atoms with Crippen molar-refractivity contribution in [2.45, 2.75) is 51.6 Å². The molecule has 18 heavy (non-hydrogen) atoms. The van der Waals surface area contributed by atoms with Crippen LogP contribution in [-0.2, 0) is 0 Å². The summed E-state index contributed by atoms with van der Waals surface area (Å²) in [5.74, 6) is 1.22. The smallest absolute Gasteiger partial charge is 0.0818 e. The summed E-state index contributed by atoms with van der Waals surface area (Å²) in [4.78, 5) is 0. The molecule has 2 rings (SSSR count). The third-order valence-electron chi connectivity index (χ3n) is 4.16. The summed E-state index contributed by atoms with van der Waals surface area (Å²) in [6.07, 6.45) is 7.13. The minimum atomic E-state index is -0.344. The highest BCUT2D eigenvalue weighted by atomic mass is 35.5. The first-order valence-corrected chi connectivity index (χ1v) is 7.52. The molecule has 100 valence electrons. The maximum Gasteiger partial charge on any atom is 0.0818 e. The normalized spacial score (nSPS) is 25.9. The van der Waals surface area contributed by atoms with Gasteiger partial charge in [-0.1, -0.05) is 56.3 Å².